The maximum atomic E-state index is 13.2. The minimum absolute atomic E-state index is 0.182. The zero-order valence-corrected chi connectivity index (χ0v) is 17.3. The van der Waals surface area contributed by atoms with Crippen LogP contribution in [0.5, 0.6) is 0 Å². The molecule has 0 saturated carbocycles. The highest BCUT2D eigenvalue weighted by Gasteiger charge is 2.30. The van der Waals surface area contributed by atoms with Crippen LogP contribution in [0.1, 0.15) is 16.1 Å². The molecule has 140 valence electrons. The number of carbonyl (C=O) groups is 1. The Bertz CT molecular complexity index is 1170. The summed E-state index contributed by atoms with van der Waals surface area (Å²) in [4.78, 5) is 18.2. The average Bonchev–Trinajstić information content (AvgIpc) is 3.22. The van der Waals surface area contributed by atoms with Gasteiger partial charge in [-0.25, -0.2) is 12.7 Å². The number of rotatable bonds is 3. The van der Waals surface area contributed by atoms with Crippen LogP contribution in [0.2, 0.25) is 0 Å². The Morgan fingerprint density at radius 3 is 2.63 bits per heavy atom. The van der Waals surface area contributed by atoms with Crippen molar-refractivity contribution < 1.29 is 13.2 Å². The number of carbonyl (C=O) groups excluding carboxylic acids is 1. The summed E-state index contributed by atoms with van der Waals surface area (Å²) in [5.41, 5.74) is 2.95. The van der Waals surface area contributed by atoms with Gasteiger partial charge in [-0.3, -0.25) is 4.79 Å². The van der Waals surface area contributed by atoms with Gasteiger partial charge in [0.25, 0.3) is 5.91 Å². The van der Waals surface area contributed by atoms with Crippen LogP contribution >= 0.6 is 15.9 Å². The smallest absolute Gasteiger partial charge is 0.275 e. The first-order chi connectivity index (χ1) is 12.8. The van der Waals surface area contributed by atoms with Gasteiger partial charge in [-0.15, -0.1) is 0 Å². The molecule has 0 aliphatic carbocycles. The van der Waals surface area contributed by atoms with Crippen molar-refractivity contribution in [2.24, 2.45) is 0 Å². The number of hydrogen-bond donors (Lipinski definition) is 1. The molecule has 3 aromatic rings. The number of halogens is 1. The molecule has 27 heavy (non-hydrogen) atoms. The lowest BCUT2D eigenvalue weighted by molar-refractivity contribution is 0.0984. The van der Waals surface area contributed by atoms with E-state index in [-0.39, 0.29) is 10.8 Å². The zero-order valence-electron chi connectivity index (χ0n) is 14.9. The third-order valence-electron chi connectivity index (χ3n) is 4.83. The lowest BCUT2D eigenvalue weighted by Gasteiger charge is -2.18. The molecule has 4 rings (SSSR count). The number of amides is 1. The molecule has 1 N–H and O–H groups in total. The van der Waals surface area contributed by atoms with Gasteiger partial charge in [-0.05, 0) is 46.1 Å². The van der Waals surface area contributed by atoms with Gasteiger partial charge < -0.3 is 9.88 Å². The van der Waals surface area contributed by atoms with Gasteiger partial charge in [0, 0.05) is 37.2 Å². The van der Waals surface area contributed by atoms with E-state index < -0.39 is 10.0 Å². The topological polar surface area (TPSA) is 73.5 Å². The van der Waals surface area contributed by atoms with Crippen LogP contribution in [-0.4, -0.2) is 44.3 Å². The van der Waals surface area contributed by atoms with Crippen molar-refractivity contribution in [1.29, 1.82) is 0 Å². The normalized spacial score (nSPS) is 14.1. The predicted molar refractivity (Wildman–Crippen MR) is 109 cm³/mol. The van der Waals surface area contributed by atoms with E-state index in [0.717, 1.165) is 16.5 Å². The number of hydrogen-bond acceptors (Lipinski definition) is 3. The van der Waals surface area contributed by atoms with Crippen molar-refractivity contribution >= 4 is 48.5 Å². The zero-order chi connectivity index (χ0) is 19.3. The molecule has 1 aliphatic heterocycles. The van der Waals surface area contributed by atoms with Crippen molar-refractivity contribution in [3.05, 3.63) is 58.2 Å². The minimum Gasteiger partial charge on any atom is -0.350 e. The van der Waals surface area contributed by atoms with Crippen molar-refractivity contribution in [3.63, 3.8) is 0 Å². The third-order valence-corrected chi connectivity index (χ3v) is 7.47. The van der Waals surface area contributed by atoms with E-state index in [1.165, 1.54) is 18.4 Å². The third kappa shape index (κ3) is 2.88. The first-order valence-corrected chi connectivity index (χ1v) is 10.7. The highest BCUT2D eigenvalue weighted by molar-refractivity contribution is 9.10. The van der Waals surface area contributed by atoms with Gasteiger partial charge in [0.15, 0.2) is 0 Å². The van der Waals surface area contributed by atoms with Crippen LogP contribution in [0.15, 0.2) is 51.8 Å². The Hall–Kier alpha value is -2.16. The Morgan fingerprint density at radius 1 is 1.19 bits per heavy atom. The van der Waals surface area contributed by atoms with Gasteiger partial charge in [0.1, 0.15) is 5.69 Å². The lowest BCUT2D eigenvalue weighted by atomic mass is 10.2. The second-order valence-corrected chi connectivity index (χ2v) is 9.59. The van der Waals surface area contributed by atoms with Crippen LogP contribution in [0.4, 0.5) is 5.69 Å². The molecule has 0 bridgehead atoms. The summed E-state index contributed by atoms with van der Waals surface area (Å²) in [7, 11) is -0.576. The van der Waals surface area contributed by atoms with Crippen LogP contribution < -0.4 is 4.90 Å². The van der Waals surface area contributed by atoms with Gasteiger partial charge >= 0.3 is 0 Å². The first kappa shape index (κ1) is 18.2. The maximum Gasteiger partial charge on any atom is 0.275 e. The molecule has 0 unspecified atom stereocenters. The monoisotopic (exact) mass is 447 g/mol. The number of sulfonamides is 1. The fraction of sp³-hybridized carbons (Fsp3) is 0.211. The molecule has 1 aliphatic rings. The van der Waals surface area contributed by atoms with E-state index in [4.69, 9.17) is 0 Å². The van der Waals surface area contributed by atoms with E-state index >= 15 is 0 Å². The van der Waals surface area contributed by atoms with Crippen molar-refractivity contribution in [3.8, 4) is 0 Å². The largest absolute Gasteiger partial charge is 0.350 e. The second kappa shape index (κ2) is 6.47. The number of aromatic nitrogens is 1. The quantitative estimate of drug-likeness (QED) is 0.668. The van der Waals surface area contributed by atoms with Gasteiger partial charge in [-0.1, -0.05) is 24.3 Å². The number of nitrogens with zero attached hydrogens (tertiary/aromatic N) is 2. The molecule has 0 atom stereocenters. The first-order valence-electron chi connectivity index (χ1n) is 8.44. The molecule has 1 amide bonds. The Kier molecular flexibility index (Phi) is 4.37. The number of nitrogens with one attached hydrogen (secondary N) is 1. The number of H-pyrrole nitrogens is 1. The van der Waals surface area contributed by atoms with Crippen molar-refractivity contribution in [1.82, 2.24) is 9.29 Å². The number of para-hydroxylation sites is 1. The molecular formula is C19H18BrN3O3S. The molecule has 0 radical (unpaired) electrons. The Balaban J connectivity index is 1.77. The minimum atomic E-state index is -3.56. The average molecular weight is 448 g/mol. The van der Waals surface area contributed by atoms with Gasteiger partial charge in [0.05, 0.1) is 9.37 Å². The second-order valence-electron chi connectivity index (χ2n) is 6.64. The molecule has 2 aromatic carbocycles. The van der Waals surface area contributed by atoms with Gasteiger partial charge in [-0.2, -0.15) is 0 Å². The number of aromatic amines is 1. The molecule has 0 saturated heterocycles. The number of fused-ring (bicyclic) bond motifs is 2. The van der Waals surface area contributed by atoms with Crippen LogP contribution in [0.25, 0.3) is 10.9 Å². The van der Waals surface area contributed by atoms with Crippen molar-refractivity contribution in [2.45, 2.75) is 11.3 Å². The molecular weight excluding hydrogens is 430 g/mol. The Morgan fingerprint density at radius 2 is 1.93 bits per heavy atom. The van der Waals surface area contributed by atoms with Crippen LogP contribution in [0, 0.1) is 0 Å². The summed E-state index contributed by atoms with van der Waals surface area (Å²) in [6, 6.07) is 12.6. The van der Waals surface area contributed by atoms with Gasteiger partial charge in [0.2, 0.25) is 10.0 Å². The summed E-state index contributed by atoms with van der Waals surface area (Å²) in [6.45, 7) is 0.515. The maximum absolute atomic E-state index is 13.2. The summed E-state index contributed by atoms with van der Waals surface area (Å²) >= 11 is 3.52. The Labute approximate surface area is 166 Å². The molecule has 8 heteroatoms. The van der Waals surface area contributed by atoms with E-state index in [1.54, 1.807) is 23.1 Å². The van der Waals surface area contributed by atoms with E-state index in [0.29, 0.717) is 28.8 Å². The number of benzene rings is 2. The van der Waals surface area contributed by atoms with E-state index in [1.807, 2.05) is 24.3 Å². The van der Waals surface area contributed by atoms with Crippen LogP contribution in [0.3, 0.4) is 0 Å². The fourth-order valence-corrected chi connectivity index (χ4v) is 4.87. The van der Waals surface area contributed by atoms with E-state index in [2.05, 4.69) is 20.9 Å². The number of anilines is 1. The standard InChI is InChI=1S/C19H18BrN3O3S/c1-22(2)27(25,26)13-8-7-12-9-10-23(16(12)11-13)19(24)18-17(20)14-5-3-4-6-15(14)21-18/h3-8,11,21H,9-10H2,1-2H3. The summed E-state index contributed by atoms with van der Waals surface area (Å²) in [5.74, 6) is -0.184. The molecule has 2 heterocycles. The highest BCUT2D eigenvalue weighted by Crippen LogP contribution is 2.35. The predicted octanol–water partition coefficient (Wildman–Crippen LogP) is 3.38. The lowest BCUT2D eigenvalue weighted by Crippen LogP contribution is -2.29. The summed E-state index contributed by atoms with van der Waals surface area (Å²) in [6.07, 6.45) is 0.696. The molecule has 6 nitrogen and oxygen atoms in total. The molecule has 0 fully saturated rings. The van der Waals surface area contributed by atoms with Crippen LogP contribution in [-0.2, 0) is 16.4 Å². The van der Waals surface area contributed by atoms with Crippen molar-refractivity contribution in [2.75, 3.05) is 25.5 Å². The summed E-state index contributed by atoms with van der Waals surface area (Å²) < 4.78 is 26.8. The molecule has 0 spiro atoms. The van der Waals surface area contributed by atoms with E-state index in [9.17, 15) is 13.2 Å². The fourth-order valence-electron chi connectivity index (χ4n) is 3.33. The SMILES string of the molecule is CN(C)S(=O)(=O)c1ccc2c(c1)N(C(=O)c1[nH]c3ccccc3c1Br)CC2. The highest BCUT2D eigenvalue weighted by atomic mass is 79.9. The molecule has 1 aromatic heterocycles. The summed E-state index contributed by atoms with van der Waals surface area (Å²) in [5, 5.41) is 0.934.